The predicted octanol–water partition coefficient (Wildman–Crippen LogP) is 2.75. The van der Waals surface area contributed by atoms with Crippen LogP contribution in [0.1, 0.15) is 12.7 Å². The molecule has 8 heteroatoms. The Labute approximate surface area is 139 Å². The largest absolute Gasteiger partial charge is 0.489 e. The number of hydrogen-bond donors (Lipinski definition) is 3. The first-order valence-electron chi connectivity index (χ1n) is 6.98. The van der Waals surface area contributed by atoms with E-state index in [4.69, 9.17) is 17.0 Å². The van der Waals surface area contributed by atoms with Gasteiger partial charge in [-0.05, 0) is 36.8 Å². The topological polar surface area (TPSA) is 84.0 Å². The van der Waals surface area contributed by atoms with E-state index in [-0.39, 0.29) is 12.6 Å². The molecule has 0 aliphatic rings. The quantitative estimate of drug-likeness (QED) is 0.561. The van der Waals surface area contributed by atoms with Crippen molar-refractivity contribution in [3.63, 3.8) is 0 Å². The molecule has 1 heterocycles. The Balaban J connectivity index is 1.89. The van der Waals surface area contributed by atoms with Crippen molar-refractivity contribution in [2.24, 2.45) is 7.05 Å². The smallest absolute Gasteiger partial charge is 0.319 e. The van der Waals surface area contributed by atoms with Crippen LogP contribution in [0, 0.1) is 4.77 Å². The molecule has 122 valence electrons. The predicted molar refractivity (Wildman–Crippen MR) is 91.0 cm³/mol. The lowest BCUT2D eigenvalue weighted by Crippen LogP contribution is -2.29. The van der Waals surface area contributed by atoms with E-state index in [1.807, 2.05) is 13.0 Å². The van der Waals surface area contributed by atoms with E-state index in [2.05, 4.69) is 27.4 Å². The second kappa shape index (κ2) is 7.59. The molecule has 7 nitrogen and oxygen atoms in total. The van der Waals surface area contributed by atoms with Gasteiger partial charge < -0.3 is 19.9 Å². The van der Waals surface area contributed by atoms with Gasteiger partial charge in [-0.15, -0.1) is 0 Å². The van der Waals surface area contributed by atoms with Crippen molar-refractivity contribution in [2.45, 2.75) is 13.5 Å². The number of hydrogen-bond acceptors (Lipinski definition) is 4. The number of H-pyrrole nitrogens is 1. The van der Waals surface area contributed by atoms with E-state index >= 15 is 0 Å². The summed E-state index contributed by atoms with van der Waals surface area (Å²) in [6, 6.07) is 6.82. The van der Waals surface area contributed by atoms with Crippen LogP contribution in [0.4, 0.5) is 10.5 Å². The van der Waals surface area contributed by atoms with E-state index in [0.717, 1.165) is 5.57 Å². The third-order valence-electron chi connectivity index (χ3n) is 2.96. The van der Waals surface area contributed by atoms with Gasteiger partial charge in [-0.3, -0.25) is 5.10 Å². The highest BCUT2D eigenvalue weighted by Crippen LogP contribution is 2.17. The fraction of sp³-hybridized carbons (Fsp3) is 0.267. The molecule has 0 bridgehead atoms. The van der Waals surface area contributed by atoms with Gasteiger partial charge in [-0.2, -0.15) is 5.10 Å². The zero-order valence-corrected chi connectivity index (χ0v) is 13.9. The fourth-order valence-electron chi connectivity index (χ4n) is 1.74. The van der Waals surface area contributed by atoms with E-state index in [1.165, 1.54) is 0 Å². The monoisotopic (exact) mass is 333 g/mol. The number of ether oxygens (including phenoxy) is 1. The number of carbonyl (C=O) groups is 1. The van der Waals surface area contributed by atoms with Crippen LogP contribution < -0.4 is 15.4 Å². The molecule has 0 saturated heterocycles. The van der Waals surface area contributed by atoms with Gasteiger partial charge in [0.2, 0.25) is 0 Å². The number of urea groups is 1. The van der Waals surface area contributed by atoms with Crippen LogP contribution in [-0.4, -0.2) is 27.4 Å². The highest BCUT2D eigenvalue weighted by Gasteiger charge is 2.06. The average Bonchev–Trinajstić information content (AvgIpc) is 2.83. The highest BCUT2D eigenvalue weighted by atomic mass is 32.1. The van der Waals surface area contributed by atoms with Crippen molar-refractivity contribution < 1.29 is 9.53 Å². The van der Waals surface area contributed by atoms with Crippen LogP contribution in [0.3, 0.4) is 0 Å². The van der Waals surface area contributed by atoms with Crippen molar-refractivity contribution in [2.75, 3.05) is 11.9 Å². The molecule has 0 saturated carbocycles. The molecule has 2 rings (SSSR count). The Hall–Kier alpha value is -2.61. The standard InChI is InChI=1S/C15H19N5O2S/c1-10(2)9-22-12-6-4-5-11(7-12)17-14(21)16-8-13-18-19-15(23)20(13)3/h4-7H,1,8-9H2,2-3H3,(H,19,23)(H2,16,17,21). The summed E-state index contributed by atoms with van der Waals surface area (Å²) in [4.78, 5) is 11.9. The SMILES string of the molecule is C=C(C)COc1cccc(NC(=O)NCc2n[nH]c(=S)n2C)c1. The van der Waals surface area contributed by atoms with Gasteiger partial charge >= 0.3 is 6.03 Å². The van der Waals surface area contributed by atoms with Gasteiger partial charge in [0.1, 0.15) is 12.4 Å². The normalized spacial score (nSPS) is 10.2. The Morgan fingerprint density at radius 2 is 2.30 bits per heavy atom. The molecule has 0 unspecified atom stereocenters. The molecule has 0 aliphatic heterocycles. The van der Waals surface area contributed by atoms with Gasteiger partial charge in [-0.25, -0.2) is 4.79 Å². The molecule has 0 radical (unpaired) electrons. The molecular weight excluding hydrogens is 314 g/mol. The first kappa shape index (κ1) is 16.8. The van der Waals surface area contributed by atoms with Crippen molar-refractivity contribution in [1.82, 2.24) is 20.1 Å². The third kappa shape index (κ3) is 4.96. The number of anilines is 1. The first-order chi connectivity index (χ1) is 11.0. The van der Waals surface area contributed by atoms with E-state index in [9.17, 15) is 4.79 Å². The van der Waals surface area contributed by atoms with E-state index in [1.54, 1.807) is 29.8 Å². The molecular formula is C15H19N5O2S. The second-order valence-electron chi connectivity index (χ2n) is 5.09. The Morgan fingerprint density at radius 3 is 2.96 bits per heavy atom. The number of aromatic amines is 1. The number of rotatable bonds is 6. The van der Waals surface area contributed by atoms with Crippen molar-refractivity contribution in [1.29, 1.82) is 0 Å². The van der Waals surface area contributed by atoms with Crippen molar-refractivity contribution in [3.05, 3.63) is 47.0 Å². The number of benzene rings is 1. The molecule has 0 spiro atoms. The molecule has 2 amide bonds. The van der Waals surface area contributed by atoms with Gasteiger partial charge in [0.05, 0.1) is 6.54 Å². The minimum atomic E-state index is -0.337. The van der Waals surface area contributed by atoms with Crippen LogP contribution in [0.5, 0.6) is 5.75 Å². The second-order valence-corrected chi connectivity index (χ2v) is 5.47. The number of nitrogens with one attached hydrogen (secondary N) is 3. The van der Waals surface area contributed by atoms with Crippen LogP contribution in [0.15, 0.2) is 36.4 Å². The Bertz CT molecular complexity index is 765. The maximum absolute atomic E-state index is 11.9. The lowest BCUT2D eigenvalue weighted by molar-refractivity contribution is 0.251. The van der Waals surface area contributed by atoms with E-state index < -0.39 is 0 Å². The van der Waals surface area contributed by atoms with Crippen LogP contribution >= 0.6 is 12.2 Å². The van der Waals surface area contributed by atoms with Gasteiger partial charge in [0, 0.05) is 18.8 Å². The van der Waals surface area contributed by atoms with Gasteiger partial charge in [0.25, 0.3) is 0 Å². The zero-order valence-electron chi connectivity index (χ0n) is 13.0. The Kier molecular flexibility index (Phi) is 5.53. The summed E-state index contributed by atoms with van der Waals surface area (Å²) in [6.07, 6.45) is 0. The summed E-state index contributed by atoms with van der Waals surface area (Å²) in [6.45, 7) is 6.37. The minimum absolute atomic E-state index is 0.265. The number of aromatic nitrogens is 3. The zero-order chi connectivity index (χ0) is 16.8. The summed E-state index contributed by atoms with van der Waals surface area (Å²) in [5, 5.41) is 12.1. The lowest BCUT2D eigenvalue weighted by atomic mass is 10.3. The summed E-state index contributed by atoms with van der Waals surface area (Å²) >= 11 is 5.01. The third-order valence-corrected chi connectivity index (χ3v) is 3.32. The van der Waals surface area contributed by atoms with Crippen LogP contribution in [0.25, 0.3) is 0 Å². The van der Waals surface area contributed by atoms with Gasteiger partial charge in [0.15, 0.2) is 10.6 Å². The maximum atomic E-state index is 11.9. The molecule has 0 aliphatic carbocycles. The van der Waals surface area contributed by atoms with Crippen molar-refractivity contribution >= 4 is 23.9 Å². The molecule has 1 aromatic heterocycles. The van der Waals surface area contributed by atoms with Crippen LogP contribution in [0.2, 0.25) is 0 Å². The summed E-state index contributed by atoms with van der Waals surface area (Å²) in [5.41, 5.74) is 1.56. The highest BCUT2D eigenvalue weighted by molar-refractivity contribution is 7.71. The lowest BCUT2D eigenvalue weighted by Gasteiger charge is -2.10. The van der Waals surface area contributed by atoms with Crippen LogP contribution in [-0.2, 0) is 13.6 Å². The number of nitrogens with zero attached hydrogens (tertiary/aromatic N) is 2. The number of amides is 2. The summed E-state index contributed by atoms with van der Waals surface area (Å²) in [7, 11) is 1.78. The molecule has 2 aromatic rings. The molecule has 23 heavy (non-hydrogen) atoms. The van der Waals surface area contributed by atoms with Crippen molar-refractivity contribution in [3.8, 4) is 5.75 Å². The molecule has 0 fully saturated rings. The van der Waals surface area contributed by atoms with Gasteiger partial charge in [-0.1, -0.05) is 12.6 Å². The van der Waals surface area contributed by atoms with E-state index in [0.29, 0.717) is 28.6 Å². The summed E-state index contributed by atoms with van der Waals surface area (Å²) in [5.74, 6) is 1.31. The number of carbonyl (C=O) groups excluding carboxylic acids is 1. The average molecular weight is 333 g/mol. The Morgan fingerprint density at radius 1 is 1.52 bits per heavy atom. The maximum Gasteiger partial charge on any atom is 0.319 e. The first-order valence-corrected chi connectivity index (χ1v) is 7.39. The minimum Gasteiger partial charge on any atom is -0.489 e. The molecule has 3 N–H and O–H groups in total. The molecule has 0 atom stereocenters. The molecule has 1 aromatic carbocycles. The summed E-state index contributed by atoms with van der Waals surface area (Å²) < 4.78 is 7.74. The fourth-order valence-corrected chi connectivity index (χ4v) is 1.89.